The van der Waals surface area contributed by atoms with Gasteiger partial charge in [-0.3, -0.25) is 24.1 Å². The van der Waals surface area contributed by atoms with Crippen molar-refractivity contribution >= 4 is 134 Å². The van der Waals surface area contributed by atoms with Crippen LogP contribution in [0.4, 0.5) is 54.2 Å². The van der Waals surface area contributed by atoms with Gasteiger partial charge in [0.2, 0.25) is 4.77 Å². The minimum atomic E-state index is -0.941. The highest BCUT2D eigenvalue weighted by atomic mass is 35.5. The number of aryl methyl sites for hydroxylation is 6. The second-order valence-electron chi connectivity index (χ2n) is 24.5. The minimum absolute atomic E-state index is 0.00376. The Morgan fingerprint density at radius 3 is 1.60 bits per heavy atom. The number of methoxy groups -OCH3 is 2. The van der Waals surface area contributed by atoms with Crippen molar-refractivity contribution in [2.24, 2.45) is 7.05 Å². The van der Waals surface area contributed by atoms with Crippen molar-refractivity contribution in [1.29, 1.82) is 10.5 Å². The van der Waals surface area contributed by atoms with Crippen LogP contribution in [0.25, 0.3) is 10.8 Å². The van der Waals surface area contributed by atoms with Gasteiger partial charge in [0.1, 0.15) is 65.6 Å². The Morgan fingerprint density at radius 2 is 1.06 bits per heavy atom. The molecule has 2 unspecified atom stereocenters. The van der Waals surface area contributed by atoms with Gasteiger partial charge >= 0.3 is 30.1 Å². The average molecular weight is 1580 g/mol. The van der Waals surface area contributed by atoms with Crippen molar-refractivity contribution in [2.45, 2.75) is 67.3 Å². The van der Waals surface area contributed by atoms with Gasteiger partial charge < -0.3 is 81.0 Å². The minimum Gasteiger partial charge on any atom is -0.506 e. The highest BCUT2D eigenvalue weighted by Gasteiger charge is 2.27. The maximum atomic E-state index is 13.3. The van der Waals surface area contributed by atoms with E-state index in [2.05, 4.69) is 52.4 Å². The zero-order chi connectivity index (χ0) is 81.6. The van der Waals surface area contributed by atoms with Crippen molar-refractivity contribution in [3.05, 3.63) is 217 Å². The largest absolute Gasteiger partial charge is 0.506 e. The lowest BCUT2D eigenvalue weighted by molar-refractivity contribution is -0.143. The van der Waals surface area contributed by atoms with Crippen molar-refractivity contribution < 1.29 is 82.1 Å². The van der Waals surface area contributed by atoms with Gasteiger partial charge in [-0.1, -0.05) is 101 Å². The number of rotatable bonds is 22. The average Bonchev–Trinajstić information content (AvgIpc) is 0.842. The van der Waals surface area contributed by atoms with E-state index in [4.69, 9.17) is 69.6 Å². The van der Waals surface area contributed by atoms with E-state index < -0.39 is 78.9 Å². The summed E-state index contributed by atoms with van der Waals surface area (Å²) in [6, 6.07) is 44.2. The topological polar surface area (TPSA) is 423 Å². The Morgan fingerprint density at radius 1 is 0.536 bits per heavy atom. The van der Waals surface area contributed by atoms with Crippen LogP contribution in [0.5, 0.6) is 40.2 Å². The lowest BCUT2D eigenvalue weighted by Gasteiger charge is -2.21. The van der Waals surface area contributed by atoms with E-state index in [9.17, 15) is 53.7 Å². The quantitative estimate of drug-likeness (QED) is 0.0171. The monoisotopic (exact) mass is 1580 g/mol. The predicted octanol–water partition coefficient (Wildman–Crippen LogP) is 14.1. The molecule has 10 aromatic rings. The number of fused-ring (bicyclic) bond motifs is 1. The lowest BCUT2D eigenvalue weighted by atomic mass is 10.0. The van der Waals surface area contributed by atoms with Crippen LogP contribution in [0.1, 0.15) is 63.1 Å². The SMILES string of the molecule is COC(=O)CN(Cn1nnn(C)c1=S)C(=O)Oc1cc(C(=O)Nc2ccccc2C)c(O)c2ccccc12.COC(=O)COc1cc(NC(=O)Nc2ccc(Cl)c(C#N)c2)c(O)cc1NC(=O)C(C)Oc1ccc(C)cc1C.Cc1ccc(OC(C)C(=O)Nc2ccc(NC(=O)Nc3ccc(Cl)c(C#N)c3)c(O)c2)c(C)c1. The lowest BCUT2D eigenvalue weighted by Crippen LogP contribution is -2.39. The van der Waals surface area contributed by atoms with Crippen LogP contribution in [0, 0.1) is 62.1 Å². The molecule has 9 aromatic carbocycles. The molecule has 0 aliphatic rings. The molecule has 0 saturated carbocycles. The van der Waals surface area contributed by atoms with E-state index in [0.717, 1.165) is 38.8 Å². The molecule has 112 heavy (non-hydrogen) atoms. The Balaban J connectivity index is 0.000000211. The van der Waals surface area contributed by atoms with Crippen molar-refractivity contribution in [3.8, 4) is 52.4 Å². The van der Waals surface area contributed by atoms with Crippen LogP contribution in [0.3, 0.4) is 0 Å². The zero-order valence-corrected chi connectivity index (χ0v) is 64.0. The predicted molar refractivity (Wildman–Crippen MR) is 420 cm³/mol. The number of phenolic OH excluding ortho intramolecular Hbond substituents is 3. The fourth-order valence-corrected chi connectivity index (χ4v) is 10.7. The highest BCUT2D eigenvalue weighted by molar-refractivity contribution is 7.71. The number of phenols is 3. The summed E-state index contributed by atoms with van der Waals surface area (Å²) in [5.74, 6) is -2.77. The van der Waals surface area contributed by atoms with Crippen LogP contribution in [-0.2, 0) is 42.4 Å². The molecule has 31 nitrogen and oxygen atoms in total. The third kappa shape index (κ3) is 22.8. The number of aromatic hydroxyl groups is 3. The number of para-hydroxylation sites is 1. The van der Waals surface area contributed by atoms with Crippen LogP contribution in [0.2, 0.25) is 10.0 Å². The standard InChI is InChI=1S/C28H27ClN4O7.C25H23ClN4O4.C25H24N6O6S/c1-15-5-8-24(16(2)9-15)40-17(3)27(36)32-22-11-23(34)21(12-25(22)39-14-26(35)38-4)33-28(37)31-19-6-7-20(29)18(10-19)13-30;1-14-4-9-23(15(2)10-14)34-16(3)24(32)28-19-6-8-21(22(31)12-19)30-25(33)29-18-5-7-20(26)17(11-18)13-27;1-15-8-4-7-11-19(15)26-23(34)18-12-20(16-9-5-6-10-17(16)22(18)33)37-25(35)30(13-21(32)36-3)14-31-24(38)29(2)27-28-31/h5-12,17,34H,14H2,1-4H3,(H,32,36)(H2,31,33,37);4-12,16,31H,1-3H3,(H,28,32)(H2,29,30,33);4-12,33H,13-14H2,1-3H3,(H,26,34). The van der Waals surface area contributed by atoms with Gasteiger partial charge in [0.25, 0.3) is 17.7 Å². The summed E-state index contributed by atoms with van der Waals surface area (Å²) in [4.78, 5) is 101. The van der Waals surface area contributed by atoms with Gasteiger partial charge in [-0.25, -0.2) is 23.9 Å². The van der Waals surface area contributed by atoms with E-state index in [-0.39, 0.29) is 83.9 Å². The molecule has 578 valence electrons. The number of esters is 2. The molecule has 10 N–H and O–H groups in total. The number of hydrogen-bond donors (Lipinski definition) is 10. The Hall–Kier alpha value is -14.0. The number of tetrazole rings is 1. The van der Waals surface area contributed by atoms with Gasteiger partial charge in [0.15, 0.2) is 18.8 Å². The Labute approximate surface area is 656 Å². The first-order valence-corrected chi connectivity index (χ1v) is 34.7. The molecule has 0 aliphatic heterocycles. The number of halogens is 2. The normalized spacial score (nSPS) is 10.9. The number of aromatic nitrogens is 4. The first-order chi connectivity index (χ1) is 53.3. The summed E-state index contributed by atoms with van der Waals surface area (Å²) in [6.45, 7) is 11.5. The number of amides is 8. The van der Waals surface area contributed by atoms with Crippen LogP contribution in [-0.4, -0.2) is 127 Å². The molecule has 0 saturated heterocycles. The Kier molecular flexibility index (Phi) is 28.9. The van der Waals surface area contributed by atoms with E-state index in [1.165, 1.54) is 84.2 Å². The van der Waals surface area contributed by atoms with E-state index in [0.29, 0.717) is 39.3 Å². The number of nitrogens with one attached hydrogen (secondary N) is 7. The number of urea groups is 2. The smallest absolute Gasteiger partial charge is 0.417 e. The zero-order valence-electron chi connectivity index (χ0n) is 61.6. The number of hydrogen-bond acceptors (Lipinski definition) is 22. The molecular weight excluding hydrogens is 1510 g/mol. The van der Waals surface area contributed by atoms with E-state index in [1.54, 1.807) is 69.4 Å². The maximum Gasteiger partial charge on any atom is 0.417 e. The van der Waals surface area contributed by atoms with Crippen LogP contribution < -0.4 is 56.2 Å². The summed E-state index contributed by atoms with van der Waals surface area (Å²) >= 11 is 17.0. The molecule has 0 bridgehead atoms. The van der Waals surface area contributed by atoms with Crippen molar-refractivity contribution in [3.63, 3.8) is 0 Å². The number of nitriles is 2. The summed E-state index contributed by atoms with van der Waals surface area (Å²) in [6.07, 6.45) is -2.65. The summed E-state index contributed by atoms with van der Waals surface area (Å²) < 4.78 is 34.8. The maximum absolute atomic E-state index is 13.3. The molecule has 1 aromatic heterocycles. The van der Waals surface area contributed by atoms with Crippen molar-refractivity contribution in [1.82, 2.24) is 24.7 Å². The van der Waals surface area contributed by atoms with Gasteiger partial charge in [0, 0.05) is 58.8 Å². The number of nitrogens with zero attached hydrogens (tertiary/aromatic N) is 7. The van der Waals surface area contributed by atoms with Gasteiger partial charge in [-0.2, -0.15) is 15.2 Å². The van der Waals surface area contributed by atoms with Crippen molar-refractivity contribution in [2.75, 3.05) is 64.6 Å². The molecule has 0 fully saturated rings. The van der Waals surface area contributed by atoms with Gasteiger partial charge in [-0.15, -0.1) is 0 Å². The fraction of sp³-hybridized carbons (Fsp3) is 0.192. The first kappa shape index (κ1) is 83.7. The molecule has 8 amide bonds. The molecular formula is C78H74Cl2N14O17S. The molecule has 0 radical (unpaired) electrons. The third-order valence-electron chi connectivity index (χ3n) is 16.1. The molecule has 0 aliphatic carbocycles. The van der Waals surface area contributed by atoms with Gasteiger partial charge in [-0.05, 0) is 161 Å². The van der Waals surface area contributed by atoms with Crippen LogP contribution in [0.15, 0.2) is 158 Å². The third-order valence-corrected chi connectivity index (χ3v) is 17.2. The fourth-order valence-electron chi connectivity index (χ4n) is 10.2. The first-order valence-electron chi connectivity index (χ1n) is 33.5. The Bertz CT molecular complexity index is 5410. The number of ether oxygens (including phenoxy) is 6. The number of carbonyl (C=O) groups excluding carboxylic acids is 8. The second-order valence-corrected chi connectivity index (χ2v) is 25.7. The molecule has 34 heteroatoms. The highest BCUT2D eigenvalue weighted by Crippen LogP contribution is 2.39. The molecule has 1 heterocycles. The summed E-state index contributed by atoms with van der Waals surface area (Å²) in [5, 5.41) is 76.9. The molecule has 10 rings (SSSR count). The number of anilines is 7. The number of benzene rings is 9. The number of carbonyl (C=O) groups is 8. The molecule has 2 atom stereocenters. The van der Waals surface area contributed by atoms with Crippen LogP contribution >= 0.6 is 35.4 Å². The van der Waals surface area contributed by atoms with E-state index >= 15 is 0 Å². The van der Waals surface area contributed by atoms with E-state index in [1.807, 2.05) is 89.2 Å². The molecule has 0 spiro atoms. The second kappa shape index (κ2) is 38.7. The summed E-state index contributed by atoms with van der Waals surface area (Å²) in [7, 11) is 3.95. The van der Waals surface area contributed by atoms with Gasteiger partial charge in [0.05, 0.1) is 58.0 Å². The summed E-state index contributed by atoms with van der Waals surface area (Å²) in [5.41, 5.74) is 6.62.